The molecule has 0 aliphatic carbocycles. The van der Waals surface area contributed by atoms with Crippen LogP contribution in [-0.2, 0) is 14.3 Å². The lowest BCUT2D eigenvalue weighted by molar-refractivity contribution is -0.148. The van der Waals surface area contributed by atoms with Gasteiger partial charge in [-0.1, -0.05) is 29.8 Å². The Balaban J connectivity index is 1.80. The predicted molar refractivity (Wildman–Crippen MR) is 92.2 cm³/mol. The Kier molecular flexibility index (Phi) is 6.47. The molecule has 1 heterocycles. The SMILES string of the molecule is C[C@H](NC(=O)c1ccccc1)C(=O)OCC(=O)Nc1cccnc1Cl. The summed E-state index contributed by atoms with van der Waals surface area (Å²) in [4.78, 5) is 39.4. The van der Waals surface area contributed by atoms with Crippen molar-refractivity contribution in [3.63, 3.8) is 0 Å². The number of amides is 2. The van der Waals surface area contributed by atoms with Crippen LogP contribution in [0.2, 0.25) is 5.15 Å². The maximum absolute atomic E-state index is 12.0. The minimum atomic E-state index is -0.900. The van der Waals surface area contributed by atoms with Gasteiger partial charge in [0.2, 0.25) is 0 Å². The van der Waals surface area contributed by atoms with Crippen LogP contribution in [0.1, 0.15) is 17.3 Å². The van der Waals surface area contributed by atoms with Crippen LogP contribution in [0.25, 0.3) is 0 Å². The first-order valence-electron chi connectivity index (χ1n) is 7.40. The van der Waals surface area contributed by atoms with Gasteiger partial charge in [-0.2, -0.15) is 0 Å². The highest BCUT2D eigenvalue weighted by molar-refractivity contribution is 6.32. The van der Waals surface area contributed by atoms with Crippen molar-refractivity contribution in [2.24, 2.45) is 0 Å². The first kappa shape index (κ1) is 18.4. The molecule has 0 bridgehead atoms. The normalized spacial score (nSPS) is 11.3. The van der Waals surface area contributed by atoms with Crippen LogP contribution >= 0.6 is 11.6 Å². The summed E-state index contributed by atoms with van der Waals surface area (Å²) < 4.78 is 4.89. The van der Waals surface area contributed by atoms with E-state index in [1.807, 2.05) is 0 Å². The van der Waals surface area contributed by atoms with Gasteiger partial charge in [0.15, 0.2) is 11.8 Å². The van der Waals surface area contributed by atoms with E-state index in [-0.39, 0.29) is 5.15 Å². The summed E-state index contributed by atoms with van der Waals surface area (Å²) in [7, 11) is 0. The first-order valence-corrected chi connectivity index (χ1v) is 7.78. The van der Waals surface area contributed by atoms with E-state index in [2.05, 4.69) is 15.6 Å². The molecule has 0 aliphatic rings. The molecule has 1 atom stereocenters. The molecule has 0 saturated carbocycles. The minimum absolute atomic E-state index is 0.130. The number of nitrogens with zero attached hydrogens (tertiary/aromatic N) is 1. The van der Waals surface area contributed by atoms with Crippen LogP contribution in [0.5, 0.6) is 0 Å². The molecule has 0 aliphatic heterocycles. The third-order valence-corrected chi connectivity index (χ3v) is 3.42. The summed E-state index contributed by atoms with van der Waals surface area (Å²) in [6.45, 7) is 0.967. The molecule has 2 amide bonds. The molecule has 0 fully saturated rings. The Morgan fingerprint density at radius 3 is 2.56 bits per heavy atom. The van der Waals surface area contributed by atoms with Gasteiger partial charge in [0.05, 0.1) is 5.69 Å². The zero-order valence-electron chi connectivity index (χ0n) is 13.4. The highest BCUT2D eigenvalue weighted by atomic mass is 35.5. The van der Waals surface area contributed by atoms with Gasteiger partial charge in [-0.15, -0.1) is 0 Å². The Morgan fingerprint density at radius 1 is 1.16 bits per heavy atom. The number of hydrogen-bond acceptors (Lipinski definition) is 5. The molecule has 1 aromatic heterocycles. The van der Waals surface area contributed by atoms with E-state index in [4.69, 9.17) is 16.3 Å². The van der Waals surface area contributed by atoms with E-state index >= 15 is 0 Å². The van der Waals surface area contributed by atoms with Crippen molar-refractivity contribution >= 4 is 35.1 Å². The number of carbonyl (C=O) groups excluding carboxylic acids is 3. The van der Waals surface area contributed by atoms with Crippen molar-refractivity contribution in [2.45, 2.75) is 13.0 Å². The smallest absolute Gasteiger partial charge is 0.328 e. The summed E-state index contributed by atoms with van der Waals surface area (Å²) in [6.07, 6.45) is 1.48. The van der Waals surface area contributed by atoms with Crippen molar-refractivity contribution in [3.05, 3.63) is 59.4 Å². The van der Waals surface area contributed by atoms with Gasteiger partial charge >= 0.3 is 5.97 Å². The van der Waals surface area contributed by atoms with Gasteiger partial charge in [0, 0.05) is 11.8 Å². The number of anilines is 1. The van der Waals surface area contributed by atoms with Crippen LogP contribution in [0.4, 0.5) is 5.69 Å². The fourth-order valence-electron chi connectivity index (χ4n) is 1.86. The average molecular weight is 362 g/mol. The standard InChI is InChI=1S/C17H16ClN3O4/c1-11(20-16(23)12-6-3-2-4-7-12)17(24)25-10-14(22)21-13-8-5-9-19-15(13)18/h2-9,11H,10H2,1H3,(H,20,23)(H,21,22)/t11-/m0/s1. The quantitative estimate of drug-likeness (QED) is 0.606. The number of rotatable bonds is 6. The average Bonchev–Trinajstić information content (AvgIpc) is 2.62. The van der Waals surface area contributed by atoms with Crippen LogP contribution in [0, 0.1) is 0 Å². The molecule has 0 saturated heterocycles. The highest BCUT2D eigenvalue weighted by Crippen LogP contribution is 2.17. The van der Waals surface area contributed by atoms with Crippen LogP contribution in [-0.4, -0.2) is 35.4 Å². The first-order chi connectivity index (χ1) is 12.0. The lowest BCUT2D eigenvalue weighted by Gasteiger charge is -2.13. The third kappa shape index (κ3) is 5.58. The molecule has 2 aromatic rings. The highest BCUT2D eigenvalue weighted by Gasteiger charge is 2.19. The maximum Gasteiger partial charge on any atom is 0.328 e. The van der Waals surface area contributed by atoms with E-state index in [1.165, 1.54) is 13.1 Å². The summed E-state index contributed by atoms with van der Waals surface area (Å²) in [6, 6.07) is 10.7. The number of hydrogen-bond donors (Lipinski definition) is 2. The molecule has 0 radical (unpaired) electrons. The Hall–Kier alpha value is -2.93. The lowest BCUT2D eigenvalue weighted by atomic mass is 10.2. The molecule has 8 heteroatoms. The number of pyridine rings is 1. The van der Waals surface area contributed by atoms with Gasteiger partial charge < -0.3 is 15.4 Å². The van der Waals surface area contributed by atoms with Gasteiger partial charge in [-0.25, -0.2) is 9.78 Å². The van der Waals surface area contributed by atoms with Crippen molar-refractivity contribution in [3.8, 4) is 0 Å². The third-order valence-electron chi connectivity index (χ3n) is 3.12. The second kappa shape index (κ2) is 8.79. The molecule has 130 valence electrons. The predicted octanol–water partition coefficient (Wildman–Crippen LogP) is 2.04. The zero-order chi connectivity index (χ0) is 18.2. The molecule has 2 N–H and O–H groups in total. The Labute approximate surface area is 149 Å². The fraction of sp³-hybridized carbons (Fsp3) is 0.176. The largest absolute Gasteiger partial charge is 0.454 e. The van der Waals surface area contributed by atoms with Gasteiger partial charge in [-0.3, -0.25) is 9.59 Å². The number of nitrogens with one attached hydrogen (secondary N) is 2. The lowest BCUT2D eigenvalue weighted by Crippen LogP contribution is -2.40. The molecule has 1 aromatic carbocycles. The minimum Gasteiger partial charge on any atom is -0.454 e. The number of aromatic nitrogens is 1. The summed E-state index contributed by atoms with van der Waals surface area (Å²) in [5.74, 6) is -1.70. The van der Waals surface area contributed by atoms with Crippen molar-refractivity contribution in [1.82, 2.24) is 10.3 Å². The number of halogens is 1. The zero-order valence-corrected chi connectivity index (χ0v) is 14.1. The second-order valence-corrected chi connectivity index (χ2v) is 5.42. The fourth-order valence-corrected chi connectivity index (χ4v) is 2.02. The summed E-state index contributed by atoms with van der Waals surface area (Å²) in [5, 5.41) is 5.11. The Morgan fingerprint density at radius 2 is 1.88 bits per heavy atom. The van der Waals surface area contributed by atoms with Crippen LogP contribution in [0.15, 0.2) is 48.7 Å². The van der Waals surface area contributed by atoms with Crippen molar-refractivity contribution < 1.29 is 19.1 Å². The number of ether oxygens (including phenoxy) is 1. The molecular formula is C17H16ClN3O4. The maximum atomic E-state index is 12.0. The monoisotopic (exact) mass is 361 g/mol. The molecular weight excluding hydrogens is 346 g/mol. The molecule has 7 nitrogen and oxygen atoms in total. The van der Waals surface area contributed by atoms with Gasteiger partial charge in [0.25, 0.3) is 11.8 Å². The number of esters is 1. The molecule has 2 rings (SSSR count). The molecule has 0 unspecified atom stereocenters. The Bertz CT molecular complexity index is 767. The van der Waals surface area contributed by atoms with Crippen molar-refractivity contribution in [2.75, 3.05) is 11.9 Å². The molecule has 0 spiro atoms. The number of carbonyl (C=O) groups is 3. The van der Waals surface area contributed by atoms with E-state index in [1.54, 1.807) is 42.5 Å². The van der Waals surface area contributed by atoms with E-state index in [0.29, 0.717) is 11.3 Å². The van der Waals surface area contributed by atoms with E-state index < -0.39 is 30.4 Å². The van der Waals surface area contributed by atoms with Crippen LogP contribution < -0.4 is 10.6 Å². The van der Waals surface area contributed by atoms with Gasteiger partial charge in [0.1, 0.15) is 6.04 Å². The summed E-state index contributed by atoms with van der Waals surface area (Å²) in [5.41, 5.74) is 0.738. The topological polar surface area (TPSA) is 97.4 Å². The second-order valence-electron chi connectivity index (χ2n) is 5.06. The van der Waals surface area contributed by atoms with Gasteiger partial charge in [-0.05, 0) is 31.2 Å². The van der Waals surface area contributed by atoms with Crippen LogP contribution in [0.3, 0.4) is 0 Å². The number of benzene rings is 1. The molecule has 25 heavy (non-hydrogen) atoms. The van der Waals surface area contributed by atoms with E-state index in [0.717, 1.165) is 0 Å². The van der Waals surface area contributed by atoms with Crippen molar-refractivity contribution in [1.29, 1.82) is 0 Å². The summed E-state index contributed by atoms with van der Waals surface area (Å²) >= 11 is 5.82. The van der Waals surface area contributed by atoms with E-state index in [9.17, 15) is 14.4 Å².